The molecule has 0 radical (unpaired) electrons. The predicted octanol–water partition coefficient (Wildman–Crippen LogP) is 5.09. The Morgan fingerprint density at radius 1 is 1.12 bits per heavy atom. The van der Waals surface area contributed by atoms with Crippen LogP contribution in [0.15, 0.2) is 69.0 Å². The molecule has 0 atom stereocenters. The predicted molar refractivity (Wildman–Crippen MR) is 137 cm³/mol. The van der Waals surface area contributed by atoms with Crippen LogP contribution in [0.1, 0.15) is 31.7 Å². The molecule has 0 fully saturated rings. The molecule has 4 aromatic rings. The summed E-state index contributed by atoms with van der Waals surface area (Å²) >= 11 is 3.42. The van der Waals surface area contributed by atoms with Gasteiger partial charge in [0.2, 0.25) is 0 Å². The van der Waals surface area contributed by atoms with Crippen LogP contribution in [0.25, 0.3) is 21.7 Å². The number of fused-ring (bicyclic) bond motifs is 2. The maximum Gasteiger partial charge on any atom is 0.344 e. The molecule has 0 aliphatic rings. The highest BCUT2D eigenvalue weighted by atomic mass is 79.9. The first-order valence-electron chi connectivity index (χ1n) is 11.1. The van der Waals surface area contributed by atoms with Crippen molar-refractivity contribution in [3.63, 3.8) is 0 Å². The monoisotopic (exact) mass is 521 g/mol. The lowest BCUT2D eigenvalue weighted by Gasteiger charge is -2.12. The fourth-order valence-corrected chi connectivity index (χ4v) is 4.05. The van der Waals surface area contributed by atoms with E-state index in [4.69, 9.17) is 9.47 Å². The number of carbonyl (C=O) groups excluding carboxylic acids is 1. The van der Waals surface area contributed by atoms with Gasteiger partial charge in [0.25, 0.3) is 5.56 Å². The number of nitrogens with zero attached hydrogens (tertiary/aromatic N) is 3. The second-order valence-electron chi connectivity index (χ2n) is 7.59. The van der Waals surface area contributed by atoms with Gasteiger partial charge in [-0.05, 0) is 48.4 Å². The molecule has 0 N–H and O–H groups in total. The SMILES string of the molecule is CCCc1nc2ccc(Br)cc2c(=O)n1N=Cc1c(OCC(=O)OCC)ccc2ccccc12. The molecule has 3 aromatic carbocycles. The van der Waals surface area contributed by atoms with Crippen LogP contribution in [0.2, 0.25) is 0 Å². The molecule has 0 bridgehead atoms. The fraction of sp³-hybridized carbons (Fsp3) is 0.231. The van der Waals surface area contributed by atoms with Gasteiger partial charge in [-0.2, -0.15) is 9.78 Å². The van der Waals surface area contributed by atoms with Crippen molar-refractivity contribution in [2.24, 2.45) is 5.10 Å². The minimum atomic E-state index is -0.454. The van der Waals surface area contributed by atoms with E-state index in [0.29, 0.717) is 34.5 Å². The molecule has 174 valence electrons. The molecule has 0 spiro atoms. The van der Waals surface area contributed by atoms with E-state index in [1.165, 1.54) is 4.68 Å². The van der Waals surface area contributed by atoms with E-state index in [1.54, 1.807) is 25.3 Å². The number of carbonyl (C=O) groups is 1. The minimum absolute atomic E-state index is 0.223. The number of aryl methyl sites for hydroxylation is 1. The average Bonchev–Trinajstić information content (AvgIpc) is 2.83. The normalized spacial score (nSPS) is 11.4. The molecule has 8 heteroatoms. The quantitative estimate of drug-likeness (QED) is 0.238. The maximum atomic E-state index is 13.3. The van der Waals surface area contributed by atoms with Gasteiger partial charge in [-0.3, -0.25) is 4.79 Å². The van der Waals surface area contributed by atoms with Crippen LogP contribution >= 0.6 is 15.9 Å². The Kier molecular flexibility index (Phi) is 7.37. The molecule has 4 rings (SSSR count). The molecular weight excluding hydrogens is 498 g/mol. The molecule has 1 aromatic heterocycles. The number of ether oxygens (including phenoxy) is 2. The number of esters is 1. The standard InChI is InChI=1S/C26H24BrN3O4/c1-3-7-24-29-22-12-11-18(27)14-20(22)26(32)30(24)28-15-21-19-9-6-5-8-17(19)10-13-23(21)34-16-25(31)33-4-2/h5-6,8-15H,3-4,7,16H2,1-2H3. The van der Waals surface area contributed by atoms with E-state index in [9.17, 15) is 9.59 Å². The van der Waals surface area contributed by atoms with E-state index in [0.717, 1.165) is 21.7 Å². The van der Waals surface area contributed by atoms with E-state index < -0.39 is 5.97 Å². The summed E-state index contributed by atoms with van der Waals surface area (Å²) in [6, 6.07) is 16.9. The molecule has 0 amide bonds. The molecule has 0 unspecified atom stereocenters. The average molecular weight is 522 g/mol. The van der Waals surface area contributed by atoms with Crippen molar-refractivity contribution in [1.82, 2.24) is 9.66 Å². The van der Waals surface area contributed by atoms with E-state index in [-0.39, 0.29) is 18.8 Å². The van der Waals surface area contributed by atoms with Crippen molar-refractivity contribution in [2.45, 2.75) is 26.7 Å². The lowest BCUT2D eigenvalue weighted by Crippen LogP contribution is -2.22. The van der Waals surface area contributed by atoms with Crippen LogP contribution in [0.3, 0.4) is 0 Å². The highest BCUT2D eigenvalue weighted by molar-refractivity contribution is 9.10. The molecular formula is C26H24BrN3O4. The first kappa shape index (κ1) is 23.6. The van der Waals surface area contributed by atoms with Crippen LogP contribution in [0.4, 0.5) is 0 Å². The second kappa shape index (κ2) is 10.6. The molecule has 0 saturated carbocycles. The van der Waals surface area contributed by atoms with Crippen molar-refractivity contribution in [1.29, 1.82) is 0 Å². The van der Waals surface area contributed by atoms with E-state index in [2.05, 4.69) is 26.0 Å². The Morgan fingerprint density at radius 3 is 2.74 bits per heavy atom. The number of hydrogen-bond acceptors (Lipinski definition) is 6. The number of benzene rings is 3. The summed E-state index contributed by atoms with van der Waals surface area (Å²) in [5.41, 5.74) is 1.04. The van der Waals surface area contributed by atoms with Crippen LogP contribution in [-0.2, 0) is 16.0 Å². The number of hydrogen-bond donors (Lipinski definition) is 0. The largest absolute Gasteiger partial charge is 0.481 e. The van der Waals surface area contributed by atoms with Gasteiger partial charge < -0.3 is 9.47 Å². The molecule has 0 saturated heterocycles. The molecule has 1 heterocycles. The van der Waals surface area contributed by atoms with Crippen LogP contribution in [-0.4, -0.2) is 35.1 Å². The third kappa shape index (κ3) is 5.02. The van der Waals surface area contributed by atoms with Gasteiger partial charge in [0.05, 0.1) is 23.7 Å². The van der Waals surface area contributed by atoms with Gasteiger partial charge in [-0.15, -0.1) is 0 Å². The van der Waals surface area contributed by atoms with Gasteiger partial charge in [0.1, 0.15) is 11.6 Å². The van der Waals surface area contributed by atoms with Crippen molar-refractivity contribution < 1.29 is 14.3 Å². The van der Waals surface area contributed by atoms with Gasteiger partial charge in [-0.25, -0.2) is 9.78 Å². The zero-order chi connectivity index (χ0) is 24.1. The molecule has 7 nitrogen and oxygen atoms in total. The Bertz CT molecular complexity index is 1450. The van der Waals surface area contributed by atoms with Crippen molar-refractivity contribution >= 4 is 49.8 Å². The summed E-state index contributed by atoms with van der Waals surface area (Å²) in [4.78, 5) is 29.9. The first-order valence-corrected chi connectivity index (χ1v) is 11.9. The van der Waals surface area contributed by atoms with Crippen LogP contribution in [0.5, 0.6) is 5.75 Å². The zero-order valence-corrected chi connectivity index (χ0v) is 20.5. The van der Waals surface area contributed by atoms with Crippen molar-refractivity contribution in [3.8, 4) is 5.75 Å². The molecule has 34 heavy (non-hydrogen) atoms. The van der Waals surface area contributed by atoms with Crippen molar-refractivity contribution in [2.75, 3.05) is 13.2 Å². The molecule has 0 aliphatic carbocycles. The first-order chi connectivity index (χ1) is 16.5. The van der Waals surface area contributed by atoms with E-state index >= 15 is 0 Å². The topological polar surface area (TPSA) is 82.8 Å². The third-order valence-corrected chi connectivity index (χ3v) is 5.73. The lowest BCUT2D eigenvalue weighted by molar-refractivity contribution is -0.145. The summed E-state index contributed by atoms with van der Waals surface area (Å²) in [7, 11) is 0. The molecule has 0 aliphatic heterocycles. The summed E-state index contributed by atoms with van der Waals surface area (Å²) in [6.45, 7) is 3.83. The number of rotatable bonds is 8. The third-order valence-electron chi connectivity index (χ3n) is 5.23. The highest BCUT2D eigenvalue weighted by Gasteiger charge is 2.13. The zero-order valence-electron chi connectivity index (χ0n) is 19.0. The summed E-state index contributed by atoms with van der Waals surface area (Å²) in [5, 5.41) is 6.89. The minimum Gasteiger partial charge on any atom is -0.481 e. The Hall–Kier alpha value is -3.52. The summed E-state index contributed by atoms with van der Waals surface area (Å²) in [5.74, 6) is 0.592. The van der Waals surface area contributed by atoms with Crippen LogP contribution < -0.4 is 10.3 Å². The fourth-order valence-electron chi connectivity index (χ4n) is 3.69. The van der Waals surface area contributed by atoms with Gasteiger partial charge in [-0.1, -0.05) is 53.2 Å². The second-order valence-corrected chi connectivity index (χ2v) is 8.51. The van der Waals surface area contributed by atoms with Gasteiger partial charge in [0.15, 0.2) is 6.61 Å². The maximum absolute atomic E-state index is 13.3. The number of halogens is 1. The Morgan fingerprint density at radius 2 is 1.94 bits per heavy atom. The highest BCUT2D eigenvalue weighted by Crippen LogP contribution is 2.27. The van der Waals surface area contributed by atoms with E-state index in [1.807, 2.05) is 49.4 Å². The van der Waals surface area contributed by atoms with Crippen molar-refractivity contribution in [3.05, 3.63) is 80.8 Å². The smallest absolute Gasteiger partial charge is 0.344 e. The van der Waals surface area contributed by atoms with Gasteiger partial charge in [0, 0.05) is 16.5 Å². The Balaban J connectivity index is 1.83. The summed E-state index contributed by atoms with van der Waals surface area (Å²) in [6.07, 6.45) is 3.00. The summed E-state index contributed by atoms with van der Waals surface area (Å²) < 4.78 is 12.9. The van der Waals surface area contributed by atoms with Gasteiger partial charge >= 0.3 is 5.97 Å². The number of aromatic nitrogens is 2. The van der Waals surface area contributed by atoms with Crippen LogP contribution in [0, 0.1) is 0 Å². The Labute approximate surface area is 205 Å². The lowest BCUT2D eigenvalue weighted by atomic mass is 10.0.